The Morgan fingerprint density at radius 3 is 2.64 bits per heavy atom. The molecule has 112 valence electrons. The van der Waals surface area contributed by atoms with Crippen LogP contribution < -0.4 is 0 Å². The maximum absolute atomic E-state index is 6.41. The van der Waals surface area contributed by atoms with Crippen LogP contribution in [0, 0.1) is 0 Å². The summed E-state index contributed by atoms with van der Waals surface area (Å²) < 4.78 is 0. The predicted octanol–water partition coefficient (Wildman–Crippen LogP) is 6.41. The highest BCUT2D eigenvalue weighted by atomic mass is 35.5. The molecule has 0 saturated heterocycles. The molecule has 2 aromatic rings. The van der Waals surface area contributed by atoms with Gasteiger partial charge in [0.1, 0.15) is 0 Å². The highest BCUT2D eigenvalue weighted by Gasteiger charge is 2.26. The van der Waals surface area contributed by atoms with E-state index in [9.17, 15) is 0 Å². The molecule has 0 aliphatic heterocycles. The van der Waals surface area contributed by atoms with E-state index in [0.717, 1.165) is 17.9 Å². The Bertz CT molecular complexity index is 783. The van der Waals surface area contributed by atoms with Crippen molar-refractivity contribution < 1.29 is 0 Å². The Kier molecular flexibility index (Phi) is 3.38. The van der Waals surface area contributed by atoms with E-state index in [-0.39, 0.29) is 0 Å². The second-order valence-corrected chi connectivity index (χ2v) is 7.03. The Hall–Kier alpha value is -1.53. The van der Waals surface area contributed by atoms with Crippen LogP contribution in [0.3, 0.4) is 0 Å². The van der Waals surface area contributed by atoms with Crippen molar-refractivity contribution in [3.05, 3.63) is 63.2 Å². The topological polar surface area (TPSA) is 0 Å². The summed E-state index contributed by atoms with van der Waals surface area (Å²) in [7, 11) is 0. The largest absolute Gasteiger partial charge is 0.0840 e. The Morgan fingerprint density at radius 2 is 1.82 bits per heavy atom. The monoisotopic (exact) mass is 308 g/mol. The van der Waals surface area contributed by atoms with Crippen molar-refractivity contribution in [3.63, 3.8) is 0 Å². The molecule has 2 aliphatic carbocycles. The molecular formula is C21H21Cl. The summed E-state index contributed by atoms with van der Waals surface area (Å²) in [5.41, 5.74) is 10.2. The van der Waals surface area contributed by atoms with E-state index in [0.29, 0.717) is 5.92 Å². The van der Waals surface area contributed by atoms with Crippen LogP contribution in [-0.4, -0.2) is 0 Å². The number of rotatable bonds is 1. The van der Waals surface area contributed by atoms with Crippen LogP contribution in [0.4, 0.5) is 0 Å². The van der Waals surface area contributed by atoms with Gasteiger partial charge in [-0.3, -0.25) is 0 Å². The number of benzene rings is 2. The lowest BCUT2D eigenvalue weighted by molar-refractivity contribution is 0.708. The molecule has 2 aliphatic rings. The maximum atomic E-state index is 6.41. The van der Waals surface area contributed by atoms with Gasteiger partial charge in [0.2, 0.25) is 0 Å². The van der Waals surface area contributed by atoms with Crippen molar-refractivity contribution in [1.82, 2.24) is 0 Å². The van der Waals surface area contributed by atoms with Crippen molar-refractivity contribution in [2.75, 3.05) is 0 Å². The lowest BCUT2D eigenvalue weighted by atomic mass is 9.75. The molecule has 0 radical (unpaired) electrons. The van der Waals surface area contributed by atoms with E-state index in [1.165, 1.54) is 35.1 Å². The first-order chi connectivity index (χ1) is 10.7. The van der Waals surface area contributed by atoms with E-state index in [1.54, 1.807) is 16.7 Å². The van der Waals surface area contributed by atoms with Gasteiger partial charge in [-0.05, 0) is 71.0 Å². The van der Waals surface area contributed by atoms with Gasteiger partial charge < -0.3 is 0 Å². The minimum absolute atomic E-state index is 0.630. The third-order valence-electron chi connectivity index (χ3n) is 5.30. The van der Waals surface area contributed by atoms with Crippen molar-refractivity contribution in [2.24, 2.45) is 0 Å². The third kappa shape index (κ3) is 2.05. The molecule has 0 amide bonds. The van der Waals surface area contributed by atoms with Gasteiger partial charge in [-0.1, -0.05) is 61.4 Å². The van der Waals surface area contributed by atoms with E-state index in [1.807, 2.05) is 6.07 Å². The first-order valence-electron chi connectivity index (χ1n) is 8.32. The van der Waals surface area contributed by atoms with Crippen molar-refractivity contribution in [2.45, 2.75) is 45.4 Å². The van der Waals surface area contributed by atoms with Crippen LogP contribution >= 0.6 is 11.6 Å². The van der Waals surface area contributed by atoms with Crippen LogP contribution in [0.1, 0.15) is 54.9 Å². The molecule has 1 heteroatoms. The highest BCUT2D eigenvalue weighted by molar-refractivity contribution is 6.31. The average Bonchev–Trinajstić information content (AvgIpc) is 2.54. The number of hydrogen-bond donors (Lipinski definition) is 0. The lowest BCUT2D eigenvalue weighted by Crippen LogP contribution is -2.13. The predicted molar refractivity (Wildman–Crippen MR) is 95.6 cm³/mol. The summed E-state index contributed by atoms with van der Waals surface area (Å²) in [5, 5.41) is 0.919. The zero-order valence-corrected chi connectivity index (χ0v) is 14.0. The molecule has 0 aromatic heterocycles. The molecule has 4 rings (SSSR count). The number of halogens is 1. The lowest BCUT2D eigenvalue weighted by Gasteiger charge is -2.30. The summed E-state index contributed by atoms with van der Waals surface area (Å²) in [6.07, 6.45) is 6.98. The van der Waals surface area contributed by atoms with Gasteiger partial charge in [-0.25, -0.2) is 0 Å². The molecule has 1 atom stereocenters. The average molecular weight is 309 g/mol. The molecule has 2 aromatic carbocycles. The van der Waals surface area contributed by atoms with E-state index in [2.05, 4.69) is 44.2 Å². The first kappa shape index (κ1) is 14.1. The van der Waals surface area contributed by atoms with Gasteiger partial charge in [0.25, 0.3) is 0 Å². The number of hydrogen-bond acceptors (Lipinski definition) is 0. The molecule has 0 spiro atoms. The zero-order valence-electron chi connectivity index (χ0n) is 13.2. The molecule has 0 nitrogen and oxygen atoms in total. The first-order valence-corrected chi connectivity index (χ1v) is 8.69. The molecule has 1 unspecified atom stereocenters. The summed E-state index contributed by atoms with van der Waals surface area (Å²) in [6, 6.07) is 10.9. The van der Waals surface area contributed by atoms with Crippen LogP contribution in [0.15, 0.2) is 35.9 Å². The van der Waals surface area contributed by atoms with Crippen molar-refractivity contribution >= 4 is 17.7 Å². The molecule has 0 N–H and O–H groups in total. The second-order valence-electron chi connectivity index (χ2n) is 6.62. The second kappa shape index (κ2) is 5.28. The van der Waals surface area contributed by atoms with Gasteiger partial charge in [0.05, 0.1) is 0 Å². The smallest absolute Gasteiger partial charge is 0.0444 e. The summed E-state index contributed by atoms with van der Waals surface area (Å²) >= 11 is 6.41. The van der Waals surface area contributed by atoms with Gasteiger partial charge in [0, 0.05) is 5.02 Å². The van der Waals surface area contributed by atoms with E-state index >= 15 is 0 Å². The fourth-order valence-electron chi connectivity index (χ4n) is 4.25. The summed E-state index contributed by atoms with van der Waals surface area (Å²) in [4.78, 5) is 0. The van der Waals surface area contributed by atoms with Crippen LogP contribution in [0.25, 0.3) is 17.2 Å². The molecule has 22 heavy (non-hydrogen) atoms. The highest BCUT2D eigenvalue weighted by Crippen LogP contribution is 2.44. The van der Waals surface area contributed by atoms with Gasteiger partial charge in [-0.2, -0.15) is 0 Å². The van der Waals surface area contributed by atoms with Gasteiger partial charge in [-0.15, -0.1) is 0 Å². The maximum Gasteiger partial charge on any atom is 0.0444 e. The number of allylic oxidation sites excluding steroid dienone is 1. The van der Waals surface area contributed by atoms with Crippen LogP contribution in [-0.2, 0) is 12.8 Å². The molecular weight excluding hydrogens is 288 g/mol. The Morgan fingerprint density at radius 1 is 1.05 bits per heavy atom. The van der Waals surface area contributed by atoms with E-state index < -0.39 is 0 Å². The fraction of sp³-hybridized carbons (Fsp3) is 0.333. The van der Waals surface area contributed by atoms with Crippen LogP contribution in [0.2, 0.25) is 5.02 Å². The molecule has 0 saturated carbocycles. The summed E-state index contributed by atoms with van der Waals surface area (Å²) in [5.74, 6) is 0.630. The van der Waals surface area contributed by atoms with E-state index in [4.69, 9.17) is 11.6 Å². The Balaban J connectivity index is 1.94. The standard InChI is InChI=1S/C21H21Cl/c1-3-14-11-13(2)21-15(12-14)7-8-17-16-5-4-6-20(22)18(16)9-10-19(17)21/h4-8,12-13H,3,9-11H2,1-2H3. The fourth-order valence-corrected chi connectivity index (χ4v) is 4.52. The Labute approximate surface area is 137 Å². The van der Waals surface area contributed by atoms with Crippen molar-refractivity contribution in [3.8, 4) is 11.1 Å². The molecule has 0 fully saturated rings. The normalized spacial score (nSPS) is 19.0. The third-order valence-corrected chi connectivity index (χ3v) is 5.65. The van der Waals surface area contributed by atoms with Crippen LogP contribution in [0.5, 0.6) is 0 Å². The number of fused-ring (bicyclic) bond motifs is 5. The minimum atomic E-state index is 0.630. The van der Waals surface area contributed by atoms with Gasteiger partial charge in [0.15, 0.2) is 0 Å². The minimum Gasteiger partial charge on any atom is -0.0840 e. The molecule has 0 bridgehead atoms. The molecule has 0 heterocycles. The van der Waals surface area contributed by atoms with Gasteiger partial charge >= 0.3 is 0 Å². The summed E-state index contributed by atoms with van der Waals surface area (Å²) in [6.45, 7) is 4.65. The van der Waals surface area contributed by atoms with Crippen molar-refractivity contribution in [1.29, 1.82) is 0 Å². The quantitative estimate of drug-likeness (QED) is 0.571. The zero-order chi connectivity index (χ0) is 15.3. The SMILES string of the molecule is CCC1=Cc2ccc3c(c2C(C)C1)CCc1c(Cl)cccc1-3.